The fraction of sp³-hybridized carbons (Fsp3) is 0.489. The van der Waals surface area contributed by atoms with Gasteiger partial charge in [0.25, 0.3) is 17.7 Å². The number of anilines is 3. The topological polar surface area (TPSA) is 141 Å². The Hall–Kier alpha value is -5.45. The number of piperazine rings is 1. The molecule has 3 aromatic carbocycles. The van der Waals surface area contributed by atoms with Crippen LogP contribution < -0.4 is 20.0 Å². The Kier molecular flexibility index (Phi) is 10.8. The number of imide groups is 2. The van der Waals surface area contributed by atoms with Crippen LogP contribution >= 0.6 is 11.6 Å². The predicted molar refractivity (Wildman–Crippen MR) is 233 cm³/mol. The highest BCUT2D eigenvalue weighted by atomic mass is 35.5. The summed E-state index contributed by atoms with van der Waals surface area (Å²) < 4.78 is 0. The normalized spacial score (nSPS) is 23.1. The molecule has 6 aliphatic rings. The summed E-state index contributed by atoms with van der Waals surface area (Å²) in [5.41, 5.74) is 5.01. The molecule has 0 aromatic heterocycles. The second kappa shape index (κ2) is 16.1. The second-order valence-electron chi connectivity index (χ2n) is 18.6. The molecular formula is C47H53ClN8O5. The van der Waals surface area contributed by atoms with Gasteiger partial charge in [-0.15, -0.1) is 0 Å². The molecule has 61 heavy (non-hydrogen) atoms. The van der Waals surface area contributed by atoms with Gasteiger partial charge in [0.15, 0.2) is 0 Å². The molecule has 1 atom stereocenters. The van der Waals surface area contributed by atoms with Gasteiger partial charge in [-0.05, 0) is 124 Å². The van der Waals surface area contributed by atoms with Gasteiger partial charge in [-0.2, -0.15) is 5.26 Å². The summed E-state index contributed by atoms with van der Waals surface area (Å²) in [5, 5.41) is 12.1. The van der Waals surface area contributed by atoms with E-state index >= 15 is 0 Å². The molecule has 5 fully saturated rings. The number of carbonyl (C=O) groups excluding carboxylic acids is 5. The smallest absolute Gasteiger partial charge is 0.262 e. The van der Waals surface area contributed by atoms with Crippen molar-refractivity contribution in [2.45, 2.75) is 70.4 Å². The minimum Gasteiger partial charge on any atom is -0.371 e. The first-order chi connectivity index (χ1) is 29.3. The summed E-state index contributed by atoms with van der Waals surface area (Å²) >= 11 is 6.41. The number of rotatable bonds is 7. The molecule has 5 amide bonds. The van der Waals surface area contributed by atoms with Crippen molar-refractivity contribution in [3.8, 4) is 6.07 Å². The highest BCUT2D eigenvalue weighted by Crippen LogP contribution is 2.50. The maximum absolute atomic E-state index is 13.7. The van der Waals surface area contributed by atoms with Gasteiger partial charge in [-0.25, -0.2) is 0 Å². The molecule has 0 saturated carbocycles. The zero-order chi connectivity index (χ0) is 42.6. The van der Waals surface area contributed by atoms with E-state index in [1.165, 1.54) is 0 Å². The zero-order valence-corrected chi connectivity index (χ0v) is 35.8. The molecule has 14 heteroatoms. The SMILES string of the molecule is CC1(C)CC2(CCN(C(=O)c3ccc(N4CCN(CC5CCN(c6ccc7c(c6)C(=O)N(C6CCC(=O)NC6=O)C7=O)CC5)CC4)cc3)CC2)CN1c1ccc(C#N)c(Cl)c1. The van der Waals surface area contributed by atoms with E-state index in [0.29, 0.717) is 27.6 Å². The van der Waals surface area contributed by atoms with Gasteiger partial charge >= 0.3 is 0 Å². The molecule has 6 heterocycles. The number of nitrogens with one attached hydrogen (secondary N) is 1. The van der Waals surface area contributed by atoms with Crippen molar-refractivity contribution in [1.82, 2.24) is 20.0 Å². The zero-order valence-electron chi connectivity index (χ0n) is 35.0. The number of piperidine rings is 3. The molecule has 3 aromatic rings. The number of nitriles is 1. The van der Waals surface area contributed by atoms with Crippen molar-refractivity contribution >= 4 is 58.2 Å². The first-order valence-corrected chi connectivity index (χ1v) is 22.1. The predicted octanol–water partition coefficient (Wildman–Crippen LogP) is 5.56. The molecule has 0 radical (unpaired) electrons. The molecule has 1 unspecified atom stereocenters. The average Bonchev–Trinajstić information content (AvgIpc) is 3.67. The molecule has 9 rings (SSSR count). The molecule has 13 nitrogen and oxygen atoms in total. The van der Waals surface area contributed by atoms with Crippen LogP contribution in [0.1, 0.15) is 95.4 Å². The summed E-state index contributed by atoms with van der Waals surface area (Å²) in [6.45, 7) is 13.5. The van der Waals surface area contributed by atoms with Crippen LogP contribution in [0, 0.1) is 22.7 Å². The lowest BCUT2D eigenvalue weighted by Crippen LogP contribution is -2.54. The Labute approximate surface area is 362 Å². The van der Waals surface area contributed by atoms with E-state index in [0.717, 1.165) is 125 Å². The molecule has 318 valence electrons. The van der Waals surface area contributed by atoms with E-state index in [4.69, 9.17) is 11.6 Å². The Morgan fingerprint density at radius 2 is 1.44 bits per heavy atom. The molecule has 5 saturated heterocycles. The lowest BCUT2D eigenvalue weighted by Gasteiger charge is -2.40. The number of carbonyl (C=O) groups is 5. The van der Waals surface area contributed by atoms with E-state index in [2.05, 4.69) is 57.0 Å². The first-order valence-electron chi connectivity index (χ1n) is 21.8. The number of hydrogen-bond acceptors (Lipinski definition) is 10. The number of nitrogens with zero attached hydrogens (tertiary/aromatic N) is 7. The number of halogens is 1. The number of likely N-dealkylation sites (tertiary alicyclic amines) is 1. The Morgan fingerprint density at radius 1 is 0.787 bits per heavy atom. The molecule has 0 bridgehead atoms. The van der Waals surface area contributed by atoms with E-state index < -0.39 is 23.8 Å². The van der Waals surface area contributed by atoms with Crippen LogP contribution in [0.15, 0.2) is 60.7 Å². The van der Waals surface area contributed by atoms with Crippen LogP contribution in [-0.2, 0) is 9.59 Å². The maximum atomic E-state index is 13.7. The average molecular weight is 845 g/mol. The van der Waals surface area contributed by atoms with E-state index in [1.807, 2.05) is 35.2 Å². The maximum Gasteiger partial charge on any atom is 0.262 e. The molecular weight excluding hydrogens is 792 g/mol. The quantitative estimate of drug-likeness (QED) is 0.301. The summed E-state index contributed by atoms with van der Waals surface area (Å²) in [6.07, 6.45) is 5.26. The van der Waals surface area contributed by atoms with Gasteiger partial charge in [0.2, 0.25) is 11.8 Å². The van der Waals surface area contributed by atoms with E-state index in [9.17, 15) is 29.2 Å². The largest absolute Gasteiger partial charge is 0.371 e. The van der Waals surface area contributed by atoms with Crippen LogP contribution in [0.25, 0.3) is 0 Å². The second-order valence-corrected chi connectivity index (χ2v) is 19.0. The third-order valence-electron chi connectivity index (χ3n) is 14.3. The van der Waals surface area contributed by atoms with Crippen molar-refractivity contribution in [1.29, 1.82) is 5.26 Å². The lowest BCUT2D eigenvalue weighted by atomic mass is 9.74. The third kappa shape index (κ3) is 7.85. The van der Waals surface area contributed by atoms with Crippen LogP contribution in [0.4, 0.5) is 17.1 Å². The van der Waals surface area contributed by atoms with Crippen LogP contribution in [0.2, 0.25) is 5.02 Å². The number of hydrogen-bond donors (Lipinski definition) is 1. The highest BCUT2D eigenvalue weighted by Gasteiger charge is 2.50. The summed E-state index contributed by atoms with van der Waals surface area (Å²) in [5.74, 6) is -1.28. The van der Waals surface area contributed by atoms with Gasteiger partial charge in [0.05, 0.1) is 21.7 Å². The molecule has 1 spiro atoms. The van der Waals surface area contributed by atoms with Gasteiger partial charge in [0.1, 0.15) is 12.1 Å². The Morgan fingerprint density at radius 3 is 2.11 bits per heavy atom. The van der Waals surface area contributed by atoms with Crippen molar-refractivity contribution in [3.05, 3.63) is 87.9 Å². The monoisotopic (exact) mass is 844 g/mol. The summed E-state index contributed by atoms with van der Waals surface area (Å²) in [7, 11) is 0. The van der Waals surface area contributed by atoms with Crippen molar-refractivity contribution in [2.75, 3.05) is 80.1 Å². The fourth-order valence-electron chi connectivity index (χ4n) is 10.9. The summed E-state index contributed by atoms with van der Waals surface area (Å²) in [6, 6.07) is 20.4. The van der Waals surface area contributed by atoms with Crippen LogP contribution in [-0.4, -0.2) is 121 Å². The lowest BCUT2D eigenvalue weighted by molar-refractivity contribution is -0.136. The minimum atomic E-state index is -0.967. The molecule has 1 N–H and O–H groups in total. The van der Waals surface area contributed by atoms with E-state index in [1.54, 1.807) is 18.2 Å². The van der Waals surface area contributed by atoms with Gasteiger partial charge in [0, 0.05) is 100 Å². The fourth-order valence-corrected chi connectivity index (χ4v) is 11.1. The third-order valence-corrected chi connectivity index (χ3v) is 14.6. The van der Waals surface area contributed by atoms with Crippen LogP contribution in [0.5, 0.6) is 0 Å². The molecule has 0 aliphatic carbocycles. The van der Waals surface area contributed by atoms with E-state index in [-0.39, 0.29) is 35.6 Å². The van der Waals surface area contributed by atoms with Crippen molar-refractivity contribution < 1.29 is 24.0 Å². The van der Waals surface area contributed by atoms with Gasteiger partial charge in [-0.1, -0.05) is 11.6 Å². The van der Waals surface area contributed by atoms with Crippen LogP contribution in [0.3, 0.4) is 0 Å². The summed E-state index contributed by atoms with van der Waals surface area (Å²) in [4.78, 5) is 77.0. The number of amides is 5. The Bertz CT molecular complexity index is 2300. The number of benzene rings is 3. The van der Waals surface area contributed by atoms with Crippen molar-refractivity contribution in [2.24, 2.45) is 11.3 Å². The minimum absolute atomic E-state index is 0.0587. The first kappa shape index (κ1) is 40.9. The van der Waals surface area contributed by atoms with Gasteiger partial charge in [-0.3, -0.25) is 39.1 Å². The Balaban J connectivity index is 0.722. The molecule has 6 aliphatic heterocycles. The standard InChI is InChI=1S/C47H53ClN8O5/c1-46(2)29-47(30-55(46)36-8-5-33(27-49)39(48)26-36)15-19-54(20-16-47)43(59)32-3-6-34(7-4-32)53-23-21-51(22-24-53)28-31-13-17-52(18-14-31)35-9-10-37-38(25-35)45(61)56(44(37)60)40-11-12-41(57)50-42(40)58/h3-10,25-26,31,40H,11-24,28-30H2,1-2H3,(H,50,57,58). The number of fused-ring (bicyclic) bond motifs is 1. The van der Waals surface area contributed by atoms with Crippen molar-refractivity contribution in [3.63, 3.8) is 0 Å². The highest BCUT2D eigenvalue weighted by molar-refractivity contribution is 6.32. The van der Waals surface area contributed by atoms with Gasteiger partial charge < -0.3 is 19.6 Å².